The minimum absolute atomic E-state index is 0.0699. The average molecular weight is 510 g/mol. The van der Waals surface area contributed by atoms with Gasteiger partial charge >= 0.3 is 0 Å². The van der Waals surface area contributed by atoms with Crippen LogP contribution in [0, 0.1) is 53.3 Å². The number of Topliss-reactive ketones (excluding diaryl/α,β-unsaturated/α-hetero) is 1. The molecule has 8 nitrogen and oxygen atoms in total. The van der Waals surface area contributed by atoms with Gasteiger partial charge in [-0.1, -0.05) is 39.0 Å². The number of rotatable bonds is 4. The van der Waals surface area contributed by atoms with Crippen LogP contribution in [0.25, 0.3) is 0 Å². The topological polar surface area (TPSA) is 164 Å². The van der Waals surface area contributed by atoms with E-state index in [-0.39, 0.29) is 24.0 Å². The maximum atomic E-state index is 13.9. The number of nitrogens with two attached hydrogens (primary N) is 1. The van der Waals surface area contributed by atoms with Crippen molar-refractivity contribution in [3.63, 3.8) is 0 Å². The zero-order valence-electron chi connectivity index (χ0n) is 21.5. The Balaban J connectivity index is 1.35. The molecule has 5 aliphatic rings. The maximum absolute atomic E-state index is 13.9. The number of hydrogen-bond donors (Lipinski definition) is 7. The fourth-order valence-corrected chi connectivity index (χ4v) is 9.30. The Bertz CT molecular complexity index is 801. The van der Waals surface area contributed by atoms with Gasteiger partial charge in [-0.2, -0.15) is 0 Å². The highest BCUT2D eigenvalue weighted by molar-refractivity contribution is 5.86. The quantitative estimate of drug-likeness (QED) is 0.275. The van der Waals surface area contributed by atoms with E-state index in [9.17, 15) is 35.4 Å². The molecule has 0 radical (unpaired) electrons. The molecule has 5 aliphatic carbocycles. The molecule has 36 heavy (non-hydrogen) atoms. The van der Waals surface area contributed by atoms with E-state index in [1.165, 1.54) is 32.1 Å². The smallest absolute Gasteiger partial charge is 0.144 e. The van der Waals surface area contributed by atoms with Crippen LogP contribution in [0.1, 0.15) is 77.6 Å². The van der Waals surface area contributed by atoms with E-state index in [1.54, 1.807) is 0 Å². The zero-order valence-corrected chi connectivity index (χ0v) is 21.5. The number of ketones is 1. The van der Waals surface area contributed by atoms with Gasteiger partial charge < -0.3 is 36.4 Å². The summed E-state index contributed by atoms with van der Waals surface area (Å²) in [5, 5.41) is 65.4. The molecule has 5 saturated carbocycles. The summed E-state index contributed by atoms with van der Waals surface area (Å²) in [6.45, 7) is 2.33. The number of carbonyl (C=O) groups is 1. The molecule has 0 aromatic heterocycles. The number of fused-ring (bicyclic) bond motifs is 3. The van der Waals surface area contributed by atoms with E-state index in [0.717, 1.165) is 24.7 Å². The molecular formula is C28H47NO7. The van der Waals surface area contributed by atoms with Gasteiger partial charge in [0, 0.05) is 11.8 Å². The predicted octanol–water partition coefficient (Wildman–Crippen LogP) is 0.932. The first-order valence-electron chi connectivity index (χ1n) is 14.5. The minimum Gasteiger partial charge on any atom is -0.393 e. The Morgan fingerprint density at radius 3 is 2.25 bits per heavy atom. The van der Waals surface area contributed by atoms with Crippen LogP contribution in [0.3, 0.4) is 0 Å². The van der Waals surface area contributed by atoms with Gasteiger partial charge in [-0.15, -0.1) is 0 Å². The summed E-state index contributed by atoms with van der Waals surface area (Å²) >= 11 is 0. The zero-order chi connectivity index (χ0) is 25.9. The second kappa shape index (κ2) is 10.2. The summed E-state index contributed by atoms with van der Waals surface area (Å²) in [5.41, 5.74) is 3.55. The fourth-order valence-electron chi connectivity index (χ4n) is 9.30. The maximum Gasteiger partial charge on any atom is 0.144 e. The van der Waals surface area contributed by atoms with Gasteiger partial charge in [0.2, 0.25) is 0 Å². The average Bonchev–Trinajstić information content (AvgIpc) is 2.81. The highest BCUT2D eigenvalue weighted by Crippen LogP contribution is 2.57. The van der Waals surface area contributed by atoms with Gasteiger partial charge in [0.15, 0.2) is 0 Å². The standard InChI is InChI=1S/C28H47NO7/c1-13-2-4-14(5-3-13)6-7-15-8-9-19(30)22-18(15)11-16-10-17-12-20(31)23(27(29)35)26(34)28(17,36)25(33)21(16)24(22)32/h13-23,25-27,30-31,33-36H,2-12,29H2,1H3/t13?,14?,15?,16-,17+,18?,19?,20?,21?,22?,23?,25?,26?,27?,28+/m1/s1. The summed E-state index contributed by atoms with van der Waals surface area (Å²) < 4.78 is 0. The van der Waals surface area contributed by atoms with Gasteiger partial charge in [0.1, 0.15) is 17.6 Å². The van der Waals surface area contributed by atoms with Crippen molar-refractivity contribution in [2.24, 2.45) is 59.0 Å². The molecule has 0 aromatic rings. The van der Waals surface area contributed by atoms with Crippen LogP contribution in [0.4, 0.5) is 0 Å². The molecular weight excluding hydrogens is 462 g/mol. The lowest BCUT2D eigenvalue weighted by Gasteiger charge is -2.60. The van der Waals surface area contributed by atoms with E-state index in [2.05, 4.69) is 6.92 Å². The third-order valence-electron chi connectivity index (χ3n) is 11.4. The first kappa shape index (κ1) is 27.0. The molecule has 206 valence electrons. The third-order valence-corrected chi connectivity index (χ3v) is 11.4. The minimum atomic E-state index is -2.04. The van der Waals surface area contributed by atoms with Crippen LogP contribution in [0.15, 0.2) is 0 Å². The van der Waals surface area contributed by atoms with Crippen molar-refractivity contribution in [3.05, 3.63) is 0 Å². The Morgan fingerprint density at radius 1 is 0.889 bits per heavy atom. The Hall–Kier alpha value is -0.610. The van der Waals surface area contributed by atoms with E-state index < -0.39 is 59.9 Å². The molecule has 0 aliphatic heterocycles. The SMILES string of the molecule is CC1CCC(CCC2CCC(O)C3C(=O)C4C(O)[C@]5(O)C(O)C(C(N)O)C(O)C[C@@H]5C[C@@H]4CC23)CC1. The predicted molar refractivity (Wildman–Crippen MR) is 132 cm³/mol. The second-order valence-electron chi connectivity index (χ2n) is 13.3. The molecule has 0 saturated heterocycles. The summed E-state index contributed by atoms with van der Waals surface area (Å²) in [7, 11) is 0. The molecule has 5 fully saturated rings. The third kappa shape index (κ3) is 4.38. The first-order chi connectivity index (χ1) is 17.0. The highest BCUT2D eigenvalue weighted by atomic mass is 16.4. The van der Waals surface area contributed by atoms with Crippen LogP contribution in [-0.2, 0) is 4.79 Å². The van der Waals surface area contributed by atoms with E-state index in [4.69, 9.17) is 5.73 Å². The van der Waals surface area contributed by atoms with Crippen LogP contribution in [0.2, 0.25) is 0 Å². The first-order valence-corrected chi connectivity index (χ1v) is 14.5. The van der Waals surface area contributed by atoms with Gasteiger partial charge in [0.05, 0.1) is 30.3 Å². The molecule has 0 amide bonds. The van der Waals surface area contributed by atoms with Gasteiger partial charge in [-0.25, -0.2) is 0 Å². The van der Waals surface area contributed by atoms with Crippen molar-refractivity contribution in [2.45, 2.75) is 114 Å². The number of aliphatic hydroxyl groups is 6. The van der Waals surface area contributed by atoms with Crippen molar-refractivity contribution in [1.82, 2.24) is 0 Å². The van der Waals surface area contributed by atoms with Crippen LogP contribution in [0.5, 0.6) is 0 Å². The highest BCUT2D eigenvalue weighted by Gasteiger charge is 2.66. The lowest BCUT2D eigenvalue weighted by molar-refractivity contribution is -0.276. The lowest BCUT2D eigenvalue weighted by atomic mass is 9.48. The molecule has 8 N–H and O–H groups in total. The second-order valence-corrected chi connectivity index (χ2v) is 13.3. The molecule has 0 heterocycles. The van der Waals surface area contributed by atoms with Crippen molar-refractivity contribution >= 4 is 5.78 Å². The Kier molecular flexibility index (Phi) is 7.62. The summed E-state index contributed by atoms with van der Waals surface area (Å²) in [4.78, 5) is 13.9. The van der Waals surface area contributed by atoms with Gasteiger partial charge in [-0.05, 0) is 74.0 Å². The Morgan fingerprint density at radius 2 is 1.58 bits per heavy atom. The normalized spacial score (nSPS) is 54.2. The van der Waals surface area contributed by atoms with E-state index in [1.807, 2.05) is 0 Å². The summed E-state index contributed by atoms with van der Waals surface area (Å²) in [5.74, 6) is -1.58. The van der Waals surface area contributed by atoms with Crippen LogP contribution in [-0.4, -0.2) is 72.7 Å². The molecule has 13 atom stereocenters. The largest absolute Gasteiger partial charge is 0.393 e. The fraction of sp³-hybridized carbons (Fsp3) is 0.964. The van der Waals surface area contributed by atoms with Gasteiger partial charge in [0.25, 0.3) is 0 Å². The van der Waals surface area contributed by atoms with Crippen molar-refractivity contribution in [1.29, 1.82) is 0 Å². The van der Waals surface area contributed by atoms with Crippen molar-refractivity contribution in [2.75, 3.05) is 0 Å². The Labute approximate surface area is 214 Å². The van der Waals surface area contributed by atoms with Crippen LogP contribution >= 0.6 is 0 Å². The van der Waals surface area contributed by atoms with Crippen molar-refractivity contribution < 1.29 is 35.4 Å². The van der Waals surface area contributed by atoms with Crippen molar-refractivity contribution in [3.8, 4) is 0 Å². The van der Waals surface area contributed by atoms with Crippen LogP contribution < -0.4 is 5.73 Å². The monoisotopic (exact) mass is 509 g/mol. The lowest BCUT2D eigenvalue weighted by Crippen LogP contribution is -2.73. The molecule has 5 rings (SSSR count). The summed E-state index contributed by atoms with van der Waals surface area (Å²) in [6, 6.07) is 0. The number of carbonyl (C=O) groups excluding carboxylic acids is 1. The van der Waals surface area contributed by atoms with E-state index >= 15 is 0 Å². The summed E-state index contributed by atoms with van der Waals surface area (Å²) in [6.07, 6.45) is 3.51. The number of hydrogen-bond acceptors (Lipinski definition) is 8. The van der Waals surface area contributed by atoms with Gasteiger partial charge in [-0.3, -0.25) is 4.79 Å². The molecule has 0 aromatic carbocycles. The molecule has 0 bridgehead atoms. The van der Waals surface area contributed by atoms with E-state index in [0.29, 0.717) is 25.2 Å². The molecule has 10 unspecified atom stereocenters. The number of aliphatic hydroxyl groups excluding tert-OH is 5. The molecule has 8 heteroatoms. The molecule has 0 spiro atoms.